The zero-order chi connectivity index (χ0) is 13.2. The van der Waals surface area contributed by atoms with Crippen LogP contribution in [-0.2, 0) is 0 Å². The Labute approximate surface area is 113 Å². The molecule has 19 heavy (non-hydrogen) atoms. The molecule has 1 aromatic carbocycles. The van der Waals surface area contributed by atoms with E-state index in [-0.39, 0.29) is 5.91 Å². The van der Waals surface area contributed by atoms with Crippen LogP contribution in [-0.4, -0.2) is 36.6 Å². The fourth-order valence-electron chi connectivity index (χ4n) is 2.74. The highest BCUT2D eigenvalue weighted by atomic mass is 16.6. The molecule has 4 heteroatoms. The molecule has 1 amide bonds. The highest BCUT2D eigenvalue weighted by Crippen LogP contribution is 2.31. The van der Waals surface area contributed by atoms with Gasteiger partial charge in [0.15, 0.2) is 11.5 Å². The maximum Gasteiger partial charge on any atom is 0.254 e. The van der Waals surface area contributed by atoms with Gasteiger partial charge in [-0.25, -0.2) is 0 Å². The molecule has 3 rings (SSSR count). The number of amides is 1. The summed E-state index contributed by atoms with van der Waals surface area (Å²) in [5.41, 5.74) is 0.693. The lowest BCUT2D eigenvalue weighted by atomic mass is 10.0. The van der Waals surface area contributed by atoms with E-state index >= 15 is 0 Å². The first-order valence-electron chi connectivity index (χ1n) is 6.96. The summed E-state index contributed by atoms with van der Waals surface area (Å²) in [6.07, 6.45) is 3.41. The summed E-state index contributed by atoms with van der Waals surface area (Å²) in [5, 5.41) is 0. The molecule has 0 spiro atoms. The summed E-state index contributed by atoms with van der Waals surface area (Å²) in [4.78, 5) is 14.5. The summed E-state index contributed by atoms with van der Waals surface area (Å²) < 4.78 is 11.0. The van der Waals surface area contributed by atoms with Gasteiger partial charge in [-0.05, 0) is 44.4 Å². The number of piperidine rings is 1. The van der Waals surface area contributed by atoms with Crippen molar-refractivity contribution in [3.63, 3.8) is 0 Å². The minimum atomic E-state index is 0.101. The predicted molar refractivity (Wildman–Crippen MR) is 71.8 cm³/mol. The second-order valence-electron chi connectivity index (χ2n) is 5.20. The van der Waals surface area contributed by atoms with Gasteiger partial charge in [-0.15, -0.1) is 0 Å². The maximum atomic E-state index is 12.5. The number of benzene rings is 1. The Morgan fingerprint density at radius 3 is 2.79 bits per heavy atom. The standard InChI is InChI=1S/C15H19NO3/c1-11-4-2-3-7-16(11)15(17)12-5-6-13-14(10-12)19-9-8-18-13/h5-6,10-11H,2-4,7-9H2,1H3. The normalized spacial score (nSPS) is 22.2. The molecule has 1 saturated heterocycles. The van der Waals surface area contributed by atoms with Crippen LogP contribution in [0, 0.1) is 0 Å². The van der Waals surface area contributed by atoms with Crippen molar-refractivity contribution in [3.05, 3.63) is 23.8 Å². The minimum absolute atomic E-state index is 0.101. The van der Waals surface area contributed by atoms with Crippen molar-refractivity contribution in [2.75, 3.05) is 19.8 Å². The van der Waals surface area contributed by atoms with Crippen molar-refractivity contribution in [3.8, 4) is 11.5 Å². The zero-order valence-corrected chi connectivity index (χ0v) is 11.2. The first kappa shape index (κ1) is 12.3. The number of carbonyl (C=O) groups excluding carboxylic acids is 1. The van der Waals surface area contributed by atoms with E-state index in [1.165, 1.54) is 6.42 Å². The summed E-state index contributed by atoms with van der Waals surface area (Å²) in [6.45, 7) is 4.09. The van der Waals surface area contributed by atoms with Gasteiger partial charge in [0.1, 0.15) is 13.2 Å². The van der Waals surface area contributed by atoms with Crippen LogP contribution < -0.4 is 9.47 Å². The molecule has 1 aromatic rings. The van der Waals surface area contributed by atoms with Crippen LogP contribution in [0.5, 0.6) is 11.5 Å². The van der Waals surface area contributed by atoms with Crippen molar-refractivity contribution >= 4 is 5.91 Å². The van der Waals surface area contributed by atoms with E-state index in [9.17, 15) is 4.79 Å². The molecule has 1 unspecified atom stereocenters. The molecule has 0 saturated carbocycles. The Kier molecular flexibility index (Phi) is 3.32. The highest BCUT2D eigenvalue weighted by Gasteiger charge is 2.25. The van der Waals surface area contributed by atoms with E-state index < -0.39 is 0 Å². The van der Waals surface area contributed by atoms with Gasteiger partial charge in [0, 0.05) is 18.2 Å². The van der Waals surface area contributed by atoms with Gasteiger partial charge >= 0.3 is 0 Å². The van der Waals surface area contributed by atoms with Crippen LogP contribution in [0.1, 0.15) is 36.5 Å². The van der Waals surface area contributed by atoms with Crippen LogP contribution in [0.15, 0.2) is 18.2 Å². The Morgan fingerprint density at radius 2 is 2.00 bits per heavy atom. The number of ether oxygens (including phenoxy) is 2. The number of rotatable bonds is 1. The molecule has 0 N–H and O–H groups in total. The molecule has 2 aliphatic rings. The summed E-state index contributed by atoms with van der Waals surface area (Å²) in [5.74, 6) is 1.51. The van der Waals surface area contributed by atoms with E-state index in [0.29, 0.717) is 30.6 Å². The van der Waals surface area contributed by atoms with E-state index in [1.54, 1.807) is 6.07 Å². The summed E-state index contributed by atoms with van der Waals surface area (Å²) in [7, 11) is 0. The van der Waals surface area contributed by atoms with E-state index in [0.717, 1.165) is 25.1 Å². The Hall–Kier alpha value is -1.71. The van der Waals surface area contributed by atoms with Crippen molar-refractivity contribution in [1.82, 2.24) is 4.90 Å². The molecule has 1 atom stereocenters. The number of likely N-dealkylation sites (tertiary alicyclic amines) is 1. The van der Waals surface area contributed by atoms with Crippen LogP contribution in [0.4, 0.5) is 0 Å². The molecule has 2 aliphatic heterocycles. The average Bonchev–Trinajstić information content (AvgIpc) is 2.46. The number of nitrogens with zero attached hydrogens (tertiary/aromatic N) is 1. The van der Waals surface area contributed by atoms with Gasteiger partial charge in [-0.3, -0.25) is 4.79 Å². The Bertz CT molecular complexity index is 486. The molecule has 0 aromatic heterocycles. The third kappa shape index (κ3) is 2.39. The van der Waals surface area contributed by atoms with Crippen molar-refractivity contribution < 1.29 is 14.3 Å². The van der Waals surface area contributed by atoms with Gasteiger partial charge in [-0.1, -0.05) is 0 Å². The highest BCUT2D eigenvalue weighted by molar-refractivity contribution is 5.95. The number of hydrogen-bond donors (Lipinski definition) is 0. The molecular weight excluding hydrogens is 242 g/mol. The predicted octanol–water partition coefficient (Wildman–Crippen LogP) is 2.47. The zero-order valence-electron chi connectivity index (χ0n) is 11.2. The lowest BCUT2D eigenvalue weighted by Crippen LogP contribution is -2.42. The lowest BCUT2D eigenvalue weighted by molar-refractivity contribution is 0.0634. The van der Waals surface area contributed by atoms with Gasteiger partial charge in [0.2, 0.25) is 0 Å². The second kappa shape index (κ2) is 5.11. The molecular formula is C15H19NO3. The van der Waals surface area contributed by atoms with Crippen molar-refractivity contribution in [2.24, 2.45) is 0 Å². The largest absolute Gasteiger partial charge is 0.486 e. The van der Waals surface area contributed by atoms with Crippen molar-refractivity contribution in [1.29, 1.82) is 0 Å². The van der Waals surface area contributed by atoms with E-state index in [2.05, 4.69) is 6.92 Å². The van der Waals surface area contributed by atoms with Crippen LogP contribution in [0.2, 0.25) is 0 Å². The fraction of sp³-hybridized carbons (Fsp3) is 0.533. The molecule has 0 radical (unpaired) electrons. The van der Waals surface area contributed by atoms with Gasteiger partial charge in [0.25, 0.3) is 5.91 Å². The molecule has 1 fully saturated rings. The lowest BCUT2D eigenvalue weighted by Gasteiger charge is -2.33. The summed E-state index contributed by atoms with van der Waals surface area (Å²) in [6, 6.07) is 5.79. The fourth-order valence-corrected chi connectivity index (χ4v) is 2.74. The monoisotopic (exact) mass is 261 g/mol. The van der Waals surface area contributed by atoms with Crippen molar-refractivity contribution in [2.45, 2.75) is 32.2 Å². The SMILES string of the molecule is CC1CCCCN1C(=O)c1ccc2c(c1)OCCO2. The molecule has 4 nitrogen and oxygen atoms in total. The van der Waals surface area contributed by atoms with Crippen LogP contribution in [0.25, 0.3) is 0 Å². The van der Waals surface area contributed by atoms with E-state index in [1.807, 2.05) is 17.0 Å². The number of hydrogen-bond acceptors (Lipinski definition) is 3. The first-order valence-corrected chi connectivity index (χ1v) is 6.96. The van der Waals surface area contributed by atoms with Gasteiger partial charge < -0.3 is 14.4 Å². The summed E-state index contributed by atoms with van der Waals surface area (Å²) >= 11 is 0. The van der Waals surface area contributed by atoms with Crippen LogP contribution in [0.3, 0.4) is 0 Å². The van der Waals surface area contributed by atoms with Crippen LogP contribution >= 0.6 is 0 Å². The Balaban J connectivity index is 1.83. The third-order valence-electron chi connectivity index (χ3n) is 3.85. The van der Waals surface area contributed by atoms with Gasteiger partial charge in [-0.2, -0.15) is 0 Å². The van der Waals surface area contributed by atoms with Gasteiger partial charge in [0.05, 0.1) is 0 Å². The average molecular weight is 261 g/mol. The molecule has 0 bridgehead atoms. The van der Waals surface area contributed by atoms with E-state index in [4.69, 9.17) is 9.47 Å². The topological polar surface area (TPSA) is 38.8 Å². The Morgan fingerprint density at radius 1 is 1.21 bits per heavy atom. The molecule has 102 valence electrons. The maximum absolute atomic E-state index is 12.5. The molecule has 0 aliphatic carbocycles. The smallest absolute Gasteiger partial charge is 0.254 e. The number of carbonyl (C=O) groups is 1. The first-order chi connectivity index (χ1) is 9.25. The molecule has 2 heterocycles. The minimum Gasteiger partial charge on any atom is -0.486 e. The quantitative estimate of drug-likeness (QED) is 0.779. The number of fused-ring (bicyclic) bond motifs is 1. The second-order valence-corrected chi connectivity index (χ2v) is 5.20. The third-order valence-corrected chi connectivity index (χ3v) is 3.85.